The molecule has 1 atom stereocenters. The number of carbonyl (C=O) groups excluding carboxylic acids is 2. The zero-order chi connectivity index (χ0) is 15.5. The Morgan fingerprint density at radius 3 is 2.05 bits per heavy atom. The van der Waals surface area contributed by atoms with Gasteiger partial charge in [-0.3, -0.25) is 14.4 Å². The summed E-state index contributed by atoms with van der Waals surface area (Å²) in [6.45, 7) is 7.70. The molecule has 0 aromatic rings. The fourth-order valence-electron chi connectivity index (χ4n) is 2.36. The van der Waals surface area contributed by atoms with E-state index in [0.717, 1.165) is 0 Å². The number of rotatable bonds is 4. The van der Waals surface area contributed by atoms with Gasteiger partial charge in [0.05, 0.1) is 5.41 Å². The van der Waals surface area contributed by atoms with Gasteiger partial charge in [-0.15, -0.1) is 0 Å². The predicted octanol–water partition coefficient (Wildman–Crippen LogP) is 0.860. The van der Waals surface area contributed by atoms with Gasteiger partial charge in [0, 0.05) is 20.0 Å². The number of amides is 2. The van der Waals surface area contributed by atoms with Crippen molar-refractivity contribution in [1.82, 2.24) is 10.2 Å². The Bertz CT molecular complexity index is 398. The monoisotopic (exact) mass is 284 g/mol. The Kier molecular flexibility index (Phi) is 5.14. The van der Waals surface area contributed by atoms with Gasteiger partial charge >= 0.3 is 5.97 Å². The van der Waals surface area contributed by atoms with Crippen LogP contribution in [0.3, 0.4) is 0 Å². The Morgan fingerprint density at radius 1 is 1.20 bits per heavy atom. The van der Waals surface area contributed by atoms with Crippen molar-refractivity contribution in [2.45, 2.75) is 46.6 Å². The maximum atomic E-state index is 12.4. The average molecular weight is 284 g/mol. The van der Waals surface area contributed by atoms with Gasteiger partial charge in [0.25, 0.3) is 0 Å². The van der Waals surface area contributed by atoms with Crippen molar-refractivity contribution in [3.8, 4) is 0 Å². The lowest BCUT2D eigenvalue weighted by Crippen LogP contribution is -2.54. The molecule has 2 amide bonds. The van der Waals surface area contributed by atoms with E-state index in [1.165, 1.54) is 6.92 Å². The summed E-state index contributed by atoms with van der Waals surface area (Å²) in [5.41, 5.74) is -0.752. The van der Waals surface area contributed by atoms with Crippen LogP contribution >= 0.6 is 0 Å². The molecule has 1 fully saturated rings. The number of likely N-dealkylation sites (tertiary alicyclic amines) is 1. The fourth-order valence-corrected chi connectivity index (χ4v) is 2.36. The van der Waals surface area contributed by atoms with E-state index < -0.39 is 17.4 Å². The van der Waals surface area contributed by atoms with Crippen LogP contribution in [0.25, 0.3) is 0 Å². The molecule has 0 aromatic carbocycles. The van der Waals surface area contributed by atoms with Gasteiger partial charge in [-0.2, -0.15) is 0 Å². The number of aliphatic carboxylic acids is 1. The molecule has 1 saturated heterocycles. The van der Waals surface area contributed by atoms with Gasteiger partial charge in [-0.25, -0.2) is 0 Å². The normalized spacial score (nSPS) is 19.6. The number of hydrogen-bond acceptors (Lipinski definition) is 3. The second-order valence-corrected chi connectivity index (χ2v) is 6.11. The summed E-state index contributed by atoms with van der Waals surface area (Å²) in [7, 11) is 0. The Labute approximate surface area is 119 Å². The summed E-state index contributed by atoms with van der Waals surface area (Å²) in [6.07, 6.45) is 0.887. The van der Waals surface area contributed by atoms with Crippen molar-refractivity contribution in [3.63, 3.8) is 0 Å². The van der Waals surface area contributed by atoms with Crippen molar-refractivity contribution < 1.29 is 19.5 Å². The van der Waals surface area contributed by atoms with Crippen LogP contribution in [0, 0.1) is 11.3 Å². The Balaban J connectivity index is 2.69. The maximum Gasteiger partial charge on any atom is 0.309 e. The molecule has 114 valence electrons. The number of carboxylic acid groups (broad SMARTS) is 1. The molecule has 0 saturated carbocycles. The number of nitrogens with one attached hydrogen (secondary N) is 1. The quantitative estimate of drug-likeness (QED) is 0.801. The minimum Gasteiger partial charge on any atom is -0.481 e. The van der Waals surface area contributed by atoms with Crippen molar-refractivity contribution in [2.75, 3.05) is 13.1 Å². The molecular weight excluding hydrogens is 260 g/mol. The van der Waals surface area contributed by atoms with Crippen LogP contribution in [-0.2, 0) is 14.4 Å². The molecule has 1 rings (SSSR count). The van der Waals surface area contributed by atoms with E-state index in [1.807, 2.05) is 13.8 Å². The first-order valence-electron chi connectivity index (χ1n) is 6.96. The first kappa shape index (κ1) is 16.5. The van der Waals surface area contributed by atoms with Gasteiger partial charge in [-0.1, -0.05) is 13.8 Å². The van der Waals surface area contributed by atoms with Crippen molar-refractivity contribution in [2.24, 2.45) is 11.3 Å². The highest BCUT2D eigenvalue weighted by atomic mass is 16.4. The van der Waals surface area contributed by atoms with E-state index in [9.17, 15) is 19.5 Å². The molecule has 6 nitrogen and oxygen atoms in total. The molecule has 0 aliphatic carbocycles. The van der Waals surface area contributed by atoms with Crippen LogP contribution in [0.1, 0.15) is 40.5 Å². The molecular formula is C14H24N2O4. The summed E-state index contributed by atoms with van der Waals surface area (Å²) in [4.78, 5) is 36.4. The molecule has 1 heterocycles. The van der Waals surface area contributed by atoms with Crippen molar-refractivity contribution >= 4 is 17.8 Å². The number of carbonyl (C=O) groups is 3. The summed E-state index contributed by atoms with van der Waals surface area (Å²) >= 11 is 0. The third kappa shape index (κ3) is 3.71. The second kappa shape index (κ2) is 6.24. The number of carboxylic acids is 1. The van der Waals surface area contributed by atoms with E-state index in [0.29, 0.717) is 25.9 Å². The minimum atomic E-state index is -0.813. The molecule has 1 unspecified atom stereocenters. The van der Waals surface area contributed by atoms with Crippen LogP contribution in [0.4, 0.5) is 0 Å². The molecule has 6 heteroatoms. The smallest absolute Gasteiger partial charge is 0.309 e. The standard InChI is InChI=1S/C14H24N2O4/c1-9(2)11(15-10(3)17)12(18)16-7-5-14(4,6-8-16)13(19)20/h9,11H,5-8H2,1-4H3,(H,15,17)(H,19,20). The molecule has 1 aliphatic heterocycles. The van der Waals surface area contributed by atoms with Crippen LogP contribution < -0.4 is 5.32 Å². The molecule has 0 radical (unpaired) electrons. The van der Waals surface area contributed by atoms with Gasteiger partial charge in [0.1, 0.15) is 6.04 Å². The topological polar surface area (TPSA) is 86.7 Å². The van der Waals surface area contributed by atoms with Gasteiger partial charge in [0.2, 0.25) is 11.8 Å². The molecule has 0 spiro atoms. The average Bonchev–Trinajstić information content (AvgIpc) is 2.35. The SMILES string of the molecule is CC(=O)NC(C(=O)N1CCC(C)(C(=O)O)CC1)C(C)C. The number of nitrogens with zero attached hydrogens (tertiary/aromatic N) is 1. The van der Waals surface area contributed by atoms with E-state index in [-0.39, 0.29) is 17.7 Å². The van der Waals surface area contributed by atoms with E-state index >= 15 is 0 Å². The lowest BCUT2D eigenvalue weighted by Gasteiger charge is -2.38. The largest absolute Gasteiger partial charge is 0.481 e. The van der Waals surface area contributed by atoms with Crippen molar-refractivity contribution in [3.05, 3.63) is 0 Å². The fraction of sp³-hybridized carbons (Fsp3) is 0.786. The van der Waals surface area contributed by atoms with Crippen molar-refractivity contribution in [1.29, 1.82) is 0 Å². The third-order valence-corrected chi connectivity index (χ3v) is 3.99. The van der Waals surface area contributed by atoms with Crippen LogP contribution in [0.2, 0.25) is 0 Å². The highest BCUT2D eigenvalue weighted by molar-refractivity contribution is 5.87. The first-order valence-corrected chi connectivity index (χ1v) is 6.96. The Hall–Kier alpha value is -1.59. The van der Waals surface area contributed by atoms with Gasteiger partial charge in [0.15, 0.2) is 0 Å². The second-order valence-electron chi connectivity index (χ2n) is 6.11. The van der Waals surface area contributed by atoms with Crippen LogP contribution in [-0.4, -0.2) is 46.9 Å². The third-order valence-electron chi connectivity index (χ3n) is 3.99. The summed E-state index contributed by atoms with van der Waals surface area (Å²) in [5.74, 6) is -1.17. The molecule has 2 N–H and O–H groups in total. The maximum absolute atomic E-state index is 12.4. The number of hydrogen-bond donors (Lipinski definition) is 2. The summed E-state index contributed by atoms with van der Waals surface area (Å²) < 4.78 is 0. The molecule has 20 heavy (non-hydrogen) atoms. The zero-order valence-electron chi connectivity index (χ0n) is 12.6. The van der Waals surface area contributed by atoms with E-state index in [1.54, 1.807) is 11.8 Å². The first-order chi connectivity index (χ1) is 9.17. The zero-order valence-corrected chi connectivity index (χ0v) is 12.6. The highest BCUT2D eigenvalue weighted by Gasteiger charge is 2.39. The van der Waals surface area contributed by atoms with Gasteiger partial charge < -0.3 is 15.3 Å². The summed E-state index contributed by atoms with van der Waals surface area (Å²) in [5, 5.41) is 11.9. The van der Waals surface area contributed by atoms with E-state index in [2.05, 4.69) is 5.32 Å². The molecule has 0 bridgehead atoms. The minimum absolute atomic E-state index is 0.000756. The lowest BCUT2D eigenvalue weighted by molar-refractivity contribution is -0.153. The highest BCUT2D eigenvalue weighted by Crippen LogP contribution is 2.31. The lowest BCUT2D eigenvalue weighted by atomic mass is 9.80. The summed E-state index contributed by atoms with van der Waals surface area (Å²) in [6, 6.07) is -0.540. The molecule has 1 aliphatic rings. The van der Waals surface area contributed by atoms with Gasteiger partial charge in [-0.05, 0) is 25.7 Å². The number of piperidine rings is 1. The van der Waals surface area contributed by atoms with Crippen LogP contribution in [0.15, 0.2) is 0 Å². The Morgan fingerprint density at radius 2 is 1.70 bits per heavy atom. The van der Waals surface area contributed by atoms with Crippen LogP contribution in [0.5, 0.6) is 0 Å². The molecule has 0 aromatic heterocycles. The van der Waals surface area contributed by atoms with E-state index in [4.69, 9.17) is 0 Å². The predicted molar refractivity (Wildman–Crippen MR) is 74.0 cm³/mol.